The second-order valence-corrected chi connectivity index (χ2v) is 4.64. The summed E-state index contributed by atoms with van der Waals surface area (Å²) in [5, 5.41) is 4.80. The molecule has 0 atom stereocenters. The van der Waals surface area contributed by atoms with Crippen molar-refractivity contribution in [2.45, 2.75) is 19.0 Å². The summed E-state index contributed by atoms with van der Waals surface area (Å²) < 4.78 is 63.0. The molecule has 9 heteroatoms. The van der Waals surface area contributed by atoms with Gasteiger partial charge in [0, 0.05) is 11.3 Å². The molecule has 0 unspecified atom stereocenters. The van der Waals surface area contributed by atoms with E-state index in [0.717, 1.165) is 0 Å². The number of carbonyl (C=O) groups is 1. The molecule has 118 valence electrons. The fourth-order valence-corrected chi connectivity index (χ4v) is 1.72. The van der Waals surface area contributed by atoms with Gasteiger partial charge in [0.15, 0.2) is 0 Å². The Hall–Kier alpha value is -2.45. The Bertz CT molecular complexity index is 721. The Balaban J connectivity index is 2.35. The molecule has 0 amide bonds. The van der Waals surface area contributed by atoms with Crippen LogP contribution in [0.2, 0.25) is 0 Å². The third kappa shape index (κ3) is 2.66. The predicted molar refractivity (Wildman–Crippen MR) is 67.6 cm³/mol. The van der Waals surface area contributed by atoms with Crippen LogP contribution in [0.5, 0.6) is 0 Å². The highest BCUT2D eigenvalue weighted by Gasteiger charge is 2.60. The summed E-state index contributed by atoms with van der Waals surface area (Å²) >= 11 is 0. The molecule has 3 N–H and O–H groups in total. The number of halogens is 5. The van der Waals surface area contributed by atoms with Crippen molar-refractivity contribution in [3.63, 3.8) is 0 Å². The average molecular weight is 319 g/mol. The van der Waals surface area contributed by atoms with Gasteiger partial charge in [-0.15, -0.1) is 0 Å². The van der Waals surface area contributed by atoms with E-state index < -0.39 is 29.3 Å². The molecular formula is C13H10F5N3O. The maximum absolute atomic E-state index is 13.1. The first kappa shape index (κ1) is 15.9. The zero-order valence-corrected chi connectivity index (χ0v) is 11.1. The zero-order valence-electron chi connectivity index (χ0n) is 11.1. The number of hydrogen-bond acceptors (Lipinski definition) is 3. The Morgan fingerprint density at radius 2 is 1.82 bits per heavy atom. The molecule has 0 aliphatic heterocycles. The van der Waals surface area contributed by atoms with Gasteiger partial charge in [0.25, 0.3) is 0 Å². The highest BCUT2D eigenvalue weighted by atomic mass is 19.4. The third-order valence-electron chi connectivity index (χ3n) is 3.04. The van der Waals surface area contributed by atoms with Crippen molar-refractivity contribution in [2.24, 2.45) is 0 Å². The van der Waals surface area contributed by atoms with E-state index in [4.69, 9.17) is 5.73 Å². The number of aromatic amines is 1. The number of nitrogen functional groups attached to an aromatic ring is 1. The Morgan fingerprint density at radius 1 is 1.18 bits per heavy atom. The monoisotopic (exact) mass is 319 g/mol. The molecular weight excluding hydrogens is 309 g/mol. The maximum Gasteiger partial charge on any atom is 0.459 e. The number of carbonyl (C=O) groups excluding carboxylic acids is 1. The van der Waals surface area contributed by atoms with Gasteiger partial charge in [-0.2, -0.15) is 27.1 Å². The molecule has 4 nitrogen and oxygen atoms in total. The van der Waals surface area contributed by atoms with Crippen LogP contribution >= 0.6 is 0 Å². The second-order valence-electron chi connectivity index (χ2n) is 4.64. The number of nitrogens with zero attached hydrogens (tertiary/aromatic N) is 1. The van der Waals surface area contributed by atoms with E-state index in [1.54, 1.807) is 12.0 Å². The highest BCUT2D eigenvalue weighted by Crippen LogP contribution is 2.43. The van der Waals surface area contributed by atoms with Gasteiger partial charge in [0.1, 0.15) is 11.4 Å². The SMILES string of the molecule is Cc1cc(C(=O)c2cc(C(F)(F)C(F)(F)F)[nH]n2)ccc1N. The molecule has 1 aromatic carbocycles. The standard InChI is InChI=1S/C13H10F5N3O/c1-6-4-7(2-3-8(6)19)11(22)9-5-10(21-20-9)12(14,15)13(16,17)18/h2-5H,19H2,1H3,(H,20,21). The molecule has 2 rings (SSSR count). The molecule has 0 spiro atoms. The van der Waals surface area contributed by atoms with Crippen LogP contribution in [0.15, 0.2) is 24.3 Å². The number of nitrogens with one attached hydrogen (secondary N) is 1. The summed E-state index contributed by atoms with van der Waals surface area (Å²) in [7, 11) is 0. The maximum atomic E-state index is 13.1. The van der Waals surface area contributed by atoms with Crippen molar-refractivity contribution in [3.05, 3.63) is 46.8 Å². The zero-order chi connectivity index (χ0) is 16.7. The number of benzene rings is 1. The molecule has 0 saturated heterocycles. The van der Waals surface area contributed by atoms with E-state index in [0.29, 0.717) is 17.3 Å². The number of aryl methyl sites for hydroxylation is 1. The molecule has 0 fully saturated rings. The van der Waals surface area contributed by atoms with Crippen LogP contribution in [0.4, 0.5) is 27.6 Å². The first-order valence-corrected chi connectivity index (χ1v) is 5.95. The van der Waals surface area contributed by atoms with Gasteiger partial charge in [-0.1, -0.05) is 0 Å². The number of anilines is 1. The molecule has 0 saturated carbocycles. The summed E-state index contributed by atoms with van der Waals surface area (Å²) in [5.41, 5.74) is 4.62. The summed E-state index contributed by atoms with van der Waals surface area (Å²) in [6.45, 7) is 1.62. The first-order valence-electron chi connectivity index (χ1n) is 5.95. The van der Waals surface area contributed by atoms with Gasteiger partial charge in [0.05, 0.1) is 0 Å². The van der Waals surface area contributed by atoms with E-state index in [2.05, 4.69) is 5.10 Å². The Labute approximate surface area is 121 Å². The molecule has 0 radical (unpaired) electrons. The van der Waals surface area contributed by atoms with Gasteiger partial charge in [-0.05, 0) is 36.8 Å². The summed E-state index contributed by atoms with van der Waals surface area (Å²) in [6, 6.07) is 4.55. The number of H-pyrrole nitrogens is 1. The minimum atomic E-state index is -5.78. The van der Waals surface area contributed by atoms with E-state index in [-0.39, 0.29) is 5.56 Å². The summed E-state index contributed by atoms with van der Waals surface area (Å²) in [6.07, 6.45) is -5.78. The summed E-state index contributed by atoms with van der Waals surface area (Å²) in [4.78, 5) is 12.1. The van der Waals surface area contributed by atoms with Gasteiger partial charge in [0.2, 0.25) is 5.78 Å². The van der Waals surface area contributed by atoms with Gasteiger partial charge in [-0.25, -0.2) is 0 Å². The number of ketones is 1. The number of alkyl halides is 5. The quantitative estimate of drug-likeness (QED) is 0.518. The lowest BCUT2D eigenvalue weighted by Crippen LogP contribution is -2.34. The van der Waals surface area contributed by atoms with E-state index in [1.807, 2.05) is 0 Å². The van der Waals surface area contributed by atoms with E-state index in [1.165, 1.54) is 18.2 Å². The van der Waals surface area contributed by atoms with Crippen LogP contribution in [0, 0.1) is 6.92 Å². The van der Waals surface area contributed by atoms with E-state index in [9.17, 15) is 26.7 Å². The molecule has 22 heavy (non-hydrogen) atoms. The van der Waals surface area contributed by atoms with Crippen LogP contribution in [-0.4, -0.2) is 22.2 Å². The molecule has 2 aromatic rings. The van der Waals surface area contributed by atoms with Crippen LogP contribution < -0.4 is 5.73 Å². The predicted octanol–water partition coefficient (Wildman–Crippen LogP) is 3.19. The molecule has 0 bridgehead atoms. The van der Waals surface area contributed by atoms with Crippen molar-refractivity contribution in [1.82, 2.24) is 10.2 Å². The van der Waals surface area contributed by atoms with Crippen LogP contribution in [0.1, 0.15) is 27.3 Å². The minimum absolute atomic E-state index is 0.0834. The smallest absolute Gasteiger partial charge is 0.399 e. The lowest BCUT2D eigenvalue weighted by atomic mass is 10.0. The number of rotatable bonds is 3. The second kappa shape index (κ2) is 5.08. The van der Waals surface area contributed by atoms with Crippen LogP contribution in [-0.2, 0) is 5.92 Å². The van der Waals surface area contributed by atoms with Crippen molar-refractivity contribution in [2.75, 3.05) is 5.73 Å². The lowest BCUT2D eigenvalue weighted by Gasteiger charge is -2.17. The Morgan fingerprint density at radius 3 is 2.36 bits per heavy atom. The van der Waals surface area contributed by atoms with Gasteiger partial charge < -0.3 is 5.73 Å². The average Bonchev–Trinajstić information content (AvgIpc) is 2.90. The van der Waals surface area contributed by atoms with Crippen LogP contribution in [0.25, 0.3) is 0 Å². The molecule has 1 aromatic heterocycles. The Kier molecular flexibility index (Phi) is 3.68. The summed E-state index contributed by atoms with van der Waals surface area (Å²) in [5.74, 6) is -5.90. The highest BCUT2D eigenvalue weighted by molar-refractivity contribution is 6.08. The third-order valence-corrected chi connectivity index (χ3v) is 3.04. The number of nitrogens with two attached hydrogens (primary N) is 1. The van der Waals surface area contributed by atoms with Crippen LogP contribution in [0.3, 0.4) is 0 Å². The topological polar surface area (TPSA) is 71.8 Å². The molecule has 1 heterocycles. The van der Waals surface area contributed by atoms with Crippen molar-refractivity contribution < 1.29 is 26.7 Å². The van der Waals surface area contributed by atoms with Crippen molar-refractivity contribution >= 4 is 11.5 Å². The van der Waals surface area contributed by atoms with Crippen molar-refractivity contribution in [3.8, 4) is 0 Å². The normalized spacial score (nSPS) is 12.5. The fraction of sp³-hybridized carbons (Fsp3) is 0.231. The number of hydrogen-bond donors (Lipinski definition) is 2. The number of aromatic nitrogens is 2. The molecule has 0 aliphatic rings. The van der Waals surface area contributed by atoms with E-state index >= 15 is 0 Å². The van der Waals surface area contributed by atoms with Crippen molar-refractivity contribution in [1.29, 1.82) is 0 Å². The molecule has 0 aliphatic carbocycles. The first-order chi connectivity index (χ1) is 10.0. The minimum Gasteiger partial charge on any atom is -0.399 e. The fourth-order valence-electron chi connectivity index (χ4n) is 1.72. The van der Waals surface area contributed by atoms with Gasteiger partial charge in [-0.3, -0.25) is 9.89 Å². The lowest BCUT2D eigenvalue weighted by molar-refractivity contribution is -0.290. The largest absolute Gasteiger partial charge is 0.459 e. The van der Waals surface area contributed by atoms with Gasteiger partial charge >= 0.3 is 12.1 Å².